The van der Waals surface area contributed by atoms with Gasteiger partial charge in [0, 0.05) is 13.1 Å². The molecule has 1 unspecified atom stereocenters. The fourth-order valence-corrected chi connectivity index (χ4v) is 2.25. The number of carbonyl (C=O) groups excluding carboxylic acids is 1. The molecule has 1 heterocycles. The minimum atomic E-state index is -0.499. The summed E-state index contributed by atoms with van der Waals surface area (Å²) in [4.78, 5) is 13.9. The predicted octanol–water partition coefficient (Wildman–Crippen LogP) is 1.04. The highest BCUT2D eigenvalue weighted by Crippen LogP contribution is 2.25. The van der Waals surface area contributed by atoms with Crippen LogP contribution in [0.5, 0.6) is 0 Å². The minimum absolute atomic E-state index is 0.152. The van der Waals surface area contributed by atoms with E-state index in [1.54, 1.807) is 4.90 Å². The van der Waals surface area contributed by atoms with E-state index in [0.29, 0.717) is 25.4 Å². The van der Waals surface area contributed by atoms with Crippen LogP contribution in [0.1, 0.15) is 12.5 Å². The highest BCUT2D eigenvalue weighted by molar-refractivity contribution is 5.86. The summed E-state index contributed by atoms with van der Waals surface area (Å²) in [6.45, 7) is 3.58. The average molecular weight is 277 g/mol. The quantitative estimate of drug-likeness (QED) is 0.896. The van der Waals surface area contributed by atoms with Crippen LogP contribution in [0.25, 0.3) is 0 Å². The maximum Gasteiger partial charge on any atom is 0.245 e. The number of nitrogens with one attached hydrogen (secondary N) is 1. The third-order valence-electron chi connectivity index (χ3n) is 3.17. The van der Waals surface area contributed by atoms with Crippen LogP contribution in [0.4, 0.5) is 10.1 Å². The van der Waals surface area contributed by atoms with Crippen molar-refractivity contribution in [3.05, 3.63) is 29.6 Å². The smallest absolute Gasteiger partial charge is 0.245 e. The van der Waals surface area contributed by atoms with Gasteiger partial charge in [0.1, 0.15) is 17.9 Å². The summed E-state index contributed by atoms with van der Waals surface area (Å²) < 4.78 is 18.5. The van der Waals surface area contributed by atoms with Gasteiger partial charge in [-0.3, -0.25) is 4.79 Å². The molecule has 0 aliphatic carbocycles. The van der Waals surface area contributed by atoms with Crippen LogP contribution >= 0.6 is 0 Å². The Morgan fingerprint density at radius 1 is 1.65 bits per heavy atom. The largest absolute Gasteiger partial charge is 0.377 e. The molecule has 1 amide bonds. The van der Waals surface area contributed by atoms with Crippen molar-refractivity contribution in [3.8, 4) is 6.07 Å². The van der Waals surface area contributed by atoms with E-state index in [-0.39, 0.29) is 18.1 Å². The standard InChI is InChI=1S/C14H16FN3O2/c1-2-17-14(19)13-9-20-6-5-18(13)12-4-3-11(15)7-10(12)8-16/h3-4,7,13H,2,5-6,9H2,1H3,(H,17,19). The Morgan fingerprint density at radius 2 is 2.45 bits per heavy atom. The fraction of sp³-hybridized carbons (Fsp3) is 0.429. The number of anilines is 1. The number of halogens is 1. The number of nitrogens with zero attached hydrogens (tertiary/aromatic N) is 2. The van der Waals surface area contributed by atoms with Gasteiger partial charge >= 0.3 is 0 Å². The molecule has 1 aliphatic heterocycles. The number of rotatable bonds is 3. The second kappa shape index (κ2) is 6.35. The van der Waals surface area contributed by atoms with Crippen LogP contribution in [0, 0.1) is 17.1 Å². The van der Waals surface area contributed by atoms with E-state index in [0.717, 1.165) is 0 Å². The molecule has 20 heavy (non-hydrogen) atoms. The molecule has 6 heteroatoms. The average Bonchev–Trinajstić information content (AvgIpc) is 2.47. The van der Waals surface area contributed by atoms with E-state index >= 15 is 0 Å². The first-order chi connectivity index (χ1) is 9.67. The molecule has 1 atom stereocenters. The van der Waals surface area contributed by atoms with Crippen LogP contribution < -0.4 is 10.2 Å². The first kappa shape index (κ1) is 14.3. The maximum absolute atomic E-state index is 13.2. The molecule has 1 aromatic rings. The lowest BCUT2D eigenvalue weighted by atomic mass is 10.1. The molecule has 0 spiro atoms. The SMILES string of the molecule is CCNC(=O)C1COCCN1c1ccc(F)cc1C#N. The summed E-state index contributed by atoms with van der Waals surface area (Å²) >= 11 is 0. The molecule has 0 radical (unpaired) electrons. The summed E-state index contributed by atoms with van der Waals surface area (Å²) in [5, 5.41) is 11.9. The third kappa shape index (κ3) is 2.89. The van der Waals surface area contributed by atoms with Gasteiger partial charge in [0.05, 0.1) is 24.5 Å². The molecule has 1 aromatic carbocycles. The predicted molar refractivity (Wildman–Crippen MR) is 71.8 cm³/mol. The van der Waals surface area contributed by atoms with Gasteiger partial charge in [0.15, 0.2) is 0 Å². The van der Waals surface area contributed by atoms with E-state index in [2.05, 4.69) is 5.32 Å². The first-order valence-electron chi connectivity index (χ1n) is 6.49. The minimum Gasteiger partial charge on any atom is -0.377 e. The number of hydrogen-bond acceptors (Lipinski definition) is 4. The van der Waals surface area contributed by atoms with Crippen molar-refractivity contribution in [1.29, 1.82) is 5.26 Å². The number of nitriles is 1. The molecule has 1 saturated heterocycles. The Labute approximate surface area is 116 Å². The summed E-state index contributed by atoms with van der Waals surface area (Å²) in [7, 11) is 0. The Hall–Kier alpha value is -2.13. The van der Waals surface area contributed by atoms with Crippen molar-refractivity contribution in [2.24, 2.45) is 0 Å². The summed E-state index contributed by atoms with van der Waals surface area (Å²) in [6.07, 6.45) is 0. The number of likely N-dealkylation sites (N-methyl/N-ethyl adjacent to an activating group) is 1. The Bertz CT molecular complexity index is 542. The van der Waals surface area contributed by atoms with E-state index in [9.17, 15) is 9.18 Å². The monoisotopic (exact) mass is 277 g/mol. The summed E-state index contributed by atoms with van der Waals surface area (Å²) in [5.74, 6) is -0.617. The molecular weight excluding hydrogens is 261 g/mol. The Kier molecular flexibility index (Phi) is 4.53. The van der Waals surface area contributed by atoms with Crippen molar-refractivity contribution >= 4 is 11.6 Å². The normalized spacial score (nSPS) is 18.4. The first-order valence-corrected chi connectivity index (χ1v) is 6.49. The number of carbonyl (C=O) groups is 1. The molecule has 1 N–H and O–H groups in total. The zero-order chi connectivity index (χ0) is 14.5. The lowest BCUT2D eigenvalue weighted by molar-refractivity contribution is -0.124. The number of morpholine rings is 1. The van der Waals surface area contributed by atoms with Gasteiger partial charge in [-0.15, -0.1) is 0 Å². The van der Waals surface area contributed by atoms with Gasteiger partial charge in [0.2, 0.25) is 5.91 Å². The fourth-order valence-electron chi connectivity index (χ4n) is 2.25. The van der Waals surface area contributed by atoms with Gasteiger partial charge in [-0.2, -0.15) is 5.26 Å². The topological polar surface area (TPSA) is 65.4 Å². The van der Waals surface area contributed by atoms with Crippen molar-refractivity contribution in [3.63, 3.8) is 0 Å². The lowest BCUT2D eigenvalue weighted by Gasteiger charge is -2.36. The second-order valence-corrected chi connectivity index (χ2v) is 4.45. The van der Waals surface area contributed by atoms with Crippen molar-refractivity contribution in [2.75, 3.05) is 31.2 Å². The van der Waals surface area contributed by atoms with Crippen LogP contribution in [-0.4, -0.2) is 38.3 Å². The van der Waals surface area contributed by atoms with E-state index in [1.165, 1.54) is 18.2 Å². The molecule has 0 saturated carbocycles. The van der Waals surface area contributed by atoms with Crippen molar-refractivity contribution in [1.82, 2.24) is 5.32 Å². The molecule has 1 aliphatic rings. The zero-order valence-corrected chi connectivity index (χ0v) is 11.2. The van der Waals surface area contributed by atoms with Gasteiger partial charge in [-0.25, -0.2) is 4.39 Å². The molecule has 106 valence electrons. The molecule has 5 nitrogen and oxygen atoms in total. The number of amides is 1. The summed E-state index contributed by atoms with van der Waals surface area (Å²) in [5.41, 5.74) is 0.787. The Morgan fingerprint density at radius 3 is 3.15 bits per heavy atom. The maximum atomic E-state index is 13.2. The molecule has 0 bridgehead atoms. The van der Waals surface area contributed by atoms with Crippen molar-refractivity contribution in [2.45, 2.75) is 13.0 Å². The van der Waals surface area contributed by atoms with Gasteiger partial charge in [-0.05, 0) is 25.1 Å². The lowest BCUT2D eigenvalue weighted by Crippen LogP contribution is -2.54. The van der Waals surface area contributed by atoms with Crippen molar-refractivity contribution < 1.29 is 13.9 Å². The van der Waals surface area contributed by atoms with E-state index in [4.69, 9.17) is 10.00 Å². The van der Waals surface area contributed by atoms with Crippen LogP contribution in [-0.2, 0) is 9.53 Å². The highest BCUT2D eigenvalue weighted by Gasteiger charge is 2.30. The molecule has 0 aromatic heterocycles. The second-order valence-electron chi connectivity index (χ2n) is 4.45. The van der Waals surface area contributed by atoms with Gasteiger partial charge in [-0.1, -0.05) is 0 Å². The van der Waals surface area contributed by atoms with Gasteiger partial charge < -0.3 is 15.0 Å². The van der Waals surface area contributed by atoms with Gasteiger partial charge in [0.25, 0.3) is 0 Å². The van der Waals surface area contributed by atoms with E-state index in [1.807, 2.05) is 13.0 Å². The molecule has 2 rings (SSSR count). The van der Waals surface area contributed by atoms with E-state index < -0.39 is 11.9 Å². The third-order valence-corrected chi connectivity index (χ3v) is 3.17. The van der Waals surface area contributed by atoms with Crippen LogP contribution in [0.15, 0.2) is 18.2 Å². The van der Waals surface area contributed by atoms with Crippen LogP contribution in [0.2, 0.25) is 0 Å². The highest BCUT2D eigenvalue weighted by atomic mass is 19.1. The number of hydrogen-bond donors (Lipinski definition) is 1. The number of benzene rings is 1. The Balaban J connectivity index is 2.33. The number of ether oxygens (including phenoxy) is 1. The molecule has 1 fully saturated rings. The van der Waals surface area contributed by atoms with Crippen LogP contribution in [0.3, 0.4) is 0 Å². The summed E-state index contributed by atoms with van der Waals surface area (Å²) in [6, 6.07) is 5.48. The molecular formula is C14H16FN3O2. The zero-order valence-electron chi connectivity index (χ0n) is 11.2.